The van der Waals surface area contributed by atoms with Gasteiger partial charge in [-0.3, -0.25) is 19.8 Å². The molecule has 1 N–H and O–H groups in total. The first-order valence-electron chi connectivity index (χ1n) is 10.2. The number of hydrogen-bond donors (Lipinski definition) is 1. The van der Waals surface area contributed by atoms with Crippen LogP contribution in [0.25, 0.3) is 0 Å². The molecule has 0 atom stereocenters. The van der Waals surface area contributed by atoms with Gasteiger partial charge in [-0.15, -0.1) is 0 Å². The summed E-state index contributed by atoms with van der Waals surface area (Å²) < 4.78 is 30.1. The highest BCUT2D eigenvalue weighted by molar-refractivity contribution is 9.09. The number of nitrogens with zero attached hydrogens (tertiary/aromatic N) is 3. The van der Waals surface area contributed by atoms with Gasteiger partial charge in [0.25, 0.3) is 11.6 Å². The minimum absolute atomic E-state index is 0.155. The molecular weight excluding hydrogens is 572 g/mol. The standard InChI is InChI=1S/C19H28Br2N4O6S/c1-32(29,30)18-14-16(25(27)28)15(13-17(18)24(7-3-20)8-4-21)19(26)22-5-2-6-23-9-11-31-12-10-23/h13-14H,2-12H2,1H3,(H,22,26). The summed E-state index contributed by atoms with van der Waals surface area (Å²) in [6, 6.07) is 2.31. The first-order valence-corrected chi connectivity index (χ1v) is 14.3. The molecule has 1 amide bonds. The van der Waals surface area contributed by atoms with Gasteiger partial charge in [-0.2, -0.15) is 0 Å². The molecule has 0 saturated carbocycles. The van der Waals surface area contributed by atoms with Gasteiger partial charge in [0.1, 0.15) is 5.56 Å². The lowest BCUT2D eigenvalue weighted by Gasteiger charge is -2.26. The maximum Gasteiger partial charge on any atom is 0.283 e. The normalized spacial score (nSPS) is 14.8. The van der Waals surface area contributed by atoms with Crippen LogP contribution in [0.1, 0.15) is 16.8 Å². The molecule has 13 heteroatoms. The topological polar surface area (TPSA) is 122 Å². The molecule has 0 spiro atoms. The van der Waals surface area contributed by atoms with Crippen LogP contribution in [0.3, 0.4) is 0 Å². The lowest BCUT2D eigenvalue weighted by Crippen LogP contribution is -2.38. The highest BCUT2D eigenvalue weighted by Crippen LogP contribution is 2.33. The van der Waals surface area contributed by atoms with Crippen molar-refractivity contribution >= 4 is 59.0 Å². The van der Waals surface area contributed by atoms with Crippen molar-refractivity contribution in [3.05, 3.63) is 27.8 Å². The summed E-state index contributed by atoms with van der Waals surface area (Å²) >= 11 is 6.69. The number of nitro groups is 1. The summed E-state index contributed by atoms with van der Waals surface area (Å²) in [6.45, 7) is 5.12. The lowest BCUT2D eigenvalue weighted by atomic mass is 10.1. The smallest absolute Gasteiger partial charge is 0.283 e. The highest BCUT2D eigenvalue weighted by Gasteiger charge is 2.28. The van der Waals surface area contributed by atoms with E-state index in [1.807, 2.05) is 0 Å². The van der Waals surface area contributed by atoms with E-state index in [0.717, 1.165) is 32.0 Å². The van der Waals surface area contributed by atoms with Crippen LogP contribution in [0.5, 0.6) is 0 Å². The van der Waals surface area contributed by atoms with E-state index in [9.17, 15) is 23.3 Å². The number of nitrogens with one attached hydrogen (secondary N) is 1. The summed E-state index contributed by atoms with van der Waals surface area (Å²) in [5.74, 6) is -0.599. The van der Waals surface area contributed by atoms with Crippen molar-refractivity contribution in [3.63, 3.8) is 0 Å². The van der Waals surface area contributed by atoms with E-state index in [1.54, 1.807) is 4.90 Å². The Hall–Kier alpha value is -1.28. The molecular formula is C19H28Br2N4O6S. The largest absolute Gasteiger partial charge is 0.379 e. The van der Waals surface area contributed by atoms with E-state index in [4.69, 9.17) is 4.74 Å². The Morgan fingerprint density at radius 1 is 1.25 bits per heavy atom. The minimum Gasteiger partial charge on any atom is -0.379 e. The van der Waals surface area contributed by atoms with E-state index in [1.165, 1.54) is 6.07 Å². The quantitative estimate of drug-likeness (QED) is 0.168. The lowest BCUT2D eigenvalue weighted by molar-refractivity contribution is -0.385. The maximum atomic E-state index is 12.8. The molecule has 0 radical (unpaired) electrons. The Morgan fingerprint density at radius 3 is 2.41 bits per heavy atom. The number of hydrogen-bond acceptors (Lipinski definition) is 8. The molecule has 0 bridgehead atoms. The third-order valence-corrected chi connectivity index (χ3v) is 6.84. The predicted molar refractivity (Wildman–Crippen MR) is 130 cm³/mol. The van der Waals surface area contributed by atoms with E-state index in [0.29, 0.717) is 49.9 Å². The molecule has 2 rings (SSSR count). The number of benzene rings is 1. The van der Waals surface area contributed by atoms with Crippen molar-refractivity contribution in [2.24, 2.45) is 0 Å². The van der Waals surface area contributed by atoms with Crippen LogP contribution in [0.4, 0.5) is 11.4 Å². The van der Waals surface area contributed by atoms with Crippen molar-refractivity contribution in [1.29, 1.82) is 0 Å². The molecule has 1 aliphatic rings. The molecule has 0 unspecified atom stereocenters. The van der Waals surface area contributed by atoms with Crippen LogP contribution < -0.4 is 10.2 Å². The first kappa shape index (κ1) is 27.0. The SMILES string of the molecule is CS(=O)(=O)c1cc([N+](=O)[O-])c(C(=O)NCCCN2CCOCC2)cc1N(CCBr)CCBr. The van der Waals surface area contributed by atoms with Gasteiger partial charge in [-0.25, -0.2) is 8.42 Å². The number of carbonyl (C=O) groups excluding carboxylic acids is 1. The number of carbonyl (C=O) groups is 1. The zero-order valence-electron chi connectivity index (χ0n) is 17.9. The Kier molecular flexibility index (Phi) is 10.8. The maximum absolute atomic E-state index is 12.8. The second-order valence-electron chi connectivity index (χ2n) is 7.29. The molecule has 1 aromatic rings. The number of amides is 1. The fourth-order valence-electron chi connectivity index (χ4n) is 3.42. The van der Waals surface area contributed by atoms with Crippen molar-refractivity contribution in [3.8, 4) is 0 Å². The number of morpholine rings is 1. The molecule has 1 saturated heterocycles. The van der Waals surface area contributed by atoms with Crippen molar-refractivity contribution in [2.75, 3.05) is 74.3 Å². The molecule has 0 aliphatic carbocycles. The number of alkyl halides is 2. The van der Waals surface area contributed by atoms with Crippen LogP contribution in [0.2, 0.25) is 0 Å². The third-order valence-electron chi connectivity index (χ3n) is 5.01. The molecule has 1 heterocycles. The predicted octanol–water partition coefficient (Wildman–Crippen LogP) is 2.05. The summed E-state index contributed by atoms with van der Waals surface area (Å²) in [5.41, 5.74) is -0.411. The molecule has 0 aromatic heterocycles. The van der Waals surface area contributed by atoms with E-state index < -0.39 is 26.4 Å². The molecule has 180 valence electrons. The van der Waals surface area contributed by atoms with Gasteiger partial charge in [0.2, 0.25) is 0 Å². The summed E-state index contributed by atoms with van der Waals surface area (Å²) in [4.78, 5) is 27.6. The summed E-state index contributed by atoms with van der Waals surface area (Å²) in [6.07, 6.45) is 1.69. The van der Waals surface area contributed by atoms with E-state index >= 15 is 0 Å². The van der Waals surface area contributed by atoms with Gasteiger partial charge in [-0.05, 0) is 19.0 Å². The van der Waals surface area contributed by atoms with E-state index in [2.05, 4.69) is 42.1 Å². The van der Waals surface area contributed by atoms with Gasteiger partial charge in [-0.1, -0.05) is 31.9 Å². The molecule has 1 fully saturated rings. The number of halogens is 2. The average Bonchev–Trinajstić information content (AvgIpc) is 2.75. The van der Waals surface area contributed by atoms with Gasteiger partial charge in [0, 0.05) is 55.7 Å². The number of ether oxygens (including phenoxy) is 1. The first-order chi connectivity index (χ1) is 15.2. The van der Waals surface area contributed by atoms with Crippen molar-refractivity contribution in [1.82, 2.24) is 10.2 Å². The van der Waals surface area contributed by atoms with Crippen LogP contribution in [0, 0.1) is 10.1 Å². The van der Waals surface area contributed by atoms with Crippen LogP contribution in [-0.2, 0) is 14.6 Å². The zero-order chi connectivity index (χ0) is 23.7. The molecule has 1 aliphatic heterocycles. The Morgan fingerprint density at radius 2 is 1.88 bits per heavy atom. The average molecular weight is 600 g/mol. The van der Waals surface area contributed by atoms with Gasteiger partial charge in [0.15, 0.2) is 9.84 Å². The number of sulfone groups is 1. The van der Waals surface area contributed by atoms with Gasteiger partial charge in [0.05, 0.1) is 28.7 Å². The Bertz CT molecular complexity index is 903. The fourth-order valence-corrected chi connectivity index (χ4v) is 5.17. The highest BCUT2D eigenvalue weighted by atomic mass is 79.9. The number of rotatable bonds is 12. The van der Waals surface area contributed by atoms with Crippen molar-refractivity contribution in [2.45, 2.75) is 11.3 Å². The molecule has 10 nitrogen and oxygen atoms in total. The molecule has 1 aromatic carbocycles. The van der Waals surface area contributed by atoms with E-state index in [-0.39, 0.29) is 16.1 Å². The Labute approximate surface area is 205 Å². The van der Waals surface area contributed by atoms with Crippen LogP contribution in [0.15, 0.2) is 17.0 Å². The van der Waals surface area contributed by atoms with Gasteiger partial charge < -0.3 is 15.0 Å². The van der Waals surface area contributed by atoms with Gasteiger partial charge >= 0.3 is 0 Å². The van der Waals surface area contributed by atoms with Crippen molar-refractivity contribution < 1.29 is 22.9 Å². The van der Waals surface area contributed by atoms with Crippen LogP contribution in [-0.4, -0.2) is 93.5 Å². The second kappa shape index (κ2) is 12.8. The second-order valence-corrected chi connectivity index (χ2v) is 10.9. The summed E-state index contributed by atoms with van der Waals surface area (Å²) in [7, 11) is -3.77. The summed E-state index contributed by atoms with van der Waals surface area (Å²) in [5, 5.41) is 15.5. The zero-order valence-corrected chi connectivity index (χ0v) is 21.9. The monoisotopic (exact) mass is 598 g/mol. The number of anilines is 1. The fraction of sp³-hybridized carbons (Fsp3) is 0.632. The Balaban J connectivity index is 2.29. The third kappa shape index (κ3) is 7.65. The molecule has 32 heavy (non-hydrogen) atoms. The van der Waals surface area contributed by atoms with Crippen LogP contribution >= 0.6 is 31.9 Å². The minimum atomic E-state index is -3.77. The number of nitro benzene ring substituents is 1.